The molecule has 2 rings (SSSR count). The highest BCUT2D eigenvalue weighted by molar-refractivity contribution is 6.46. The van der Waals surface area contributed by atoms with Crippen molar-refractivity contribution in [2.45, 2.75) is 0 Å². The van der Waals surface area contributed by atoms with Crippen LogP contribution in [0, 0.1) is 0 Å². The van der Waals surface area contributed by atoms with Gasteiger partial charge in [-0.25, -0.2) is 0 Å². The maximum Gasteiger partial charge on any atom is 0.256 e. The van der Waals surface area contributed by atoms with Crippen molar-refractivity contribution in [2.24, 2.45) is 0 Å². The van der Waals surface area contributed by atoms with Gasteiger partial charge < -0.3 is 4.98 Å². The van der Waals surface area contributed by atoms with Crippen LogP contribution < -0.4 is 5.56 Å². The molecule has 2 aromatic rings. The van der Waals surface area contributed by atoms with E-state index in [0.717, 1.165) is 0 Å². The second-order valence-electron chi connectivity index (χ2n) is 3.47. The van der Waals surface area contributed by atoms with Gasteiger partial charge in [-0.3, -0.25) is 9.59 Å². The number of rotatable bonds is 2. The second-order valence-corrected chi connectivity index (χ2v) is 4.67. The lowest BCUT2D eigenvalue weighted by Gasteiger charge is -2.09. The van der Waals surface area contributed by atoms with Crippen LogP contribution in [0.15, 0.2) is 29.2 Å². The summed E-state index contributed by atoms with van der Waals surface area (Å²) in [4.78, 5) is 25.3. The third kappa shape index (κ3) is 2.17. The number of carbonyl (C=O) groups is 1. The molecular weight excluding hydrogens is 296 g/mol. The van der Waals surface area contributed by atoms with E-state index >= 15 is 0 Å². The molecule has 0 atom stereocenters. The number of pyridine rings is 1. The minimum Gasteiger partial charge on any atom is -0.329 e. The van der Waals surface area contributed by atoms with Crippen LogP contribution in [0.2, 0.25) is 15.1 Å². The molecule has 0 unspecified atom stereocenters. The normalized spacial score (nSPS) is 10.4. The number of nitrogens with one attached hydrogen (secondary N) is 1. The molecule has 0 radical (unpaired) electrons. The molecule has 1 N–H and O–H groups in total. The monoisotopic (exact) mass is 301 g/mol. The number of H-pyrrole nitrogens is 1. The molecule has 0 saturated heterocycles. The van der Waals surface area contributed by atoms with Gasteiger partial charge in [-0.1, -0.05) is 34.8 Å². The van der Waals surface area contributed by atoms with Crippen molar-refractivity contribution < 1.29 is 4.79 Å². The Morgan fingerprint density at radius 1 is 1.00 bits per heavy atom. The molecule has 18 heavy (non-hydrogen) atoms. The number of benzene rings is 1. The molecule has 0 saturated carbocycles. The number of carbonyl (C=O) groups excluding carboxylic acids is 1. The largest absolute Gasteiger partial charge is 0.329 e. The van der Waals surface area contributed by atoms with Crippen LogP contribution in [0.25, 0.3) is 11.1 Å². The Kier molecular flexibility index (Phi) is 3.76. The first-order valence-corrected chi connectivity index (χ1v) is 6.00. The molecule has 92 valence electrons. The second kappa shape index (κ2) is 5.14. The van der Waals surface area contributed by atoms with Crippen molar-refractivity contribution in [3.05, 3.63) is 55.4 Å². The summed E-state index contributed by atoms with van der Waals surface area (Å²) < 4.78 is 0. The maximum atomic E-state index is 11.8. The molecule has 0 aliphatic carbocycles. The van der Waals surface area contributed by atoms with E-state index in [0.29, 0.717) is 6.29 Å². The number of aromatic amines is 1. The van der Waals surface area contributed by atoms with Crippen LogP contribution in [0.4, 0.5) is 0 Å². The zero-order valence-corrected chi connectivity index (χ0v) is 11.1. The predicted molar refractivity (Wildman–Crippen MR) is 72.9 cm³/mol. The summed E-state index contributed by atoms with van der Waals surface area (Å²) in [6.45, 7) is 0. The molecule has 0 spiro atoms. The van der Waals surface area contributed by atoms with Crippen LogP contribution in [-0.2, 0) is 0 Å². The first kappa shape index (κ1) is 13.1. The lowest BCUT2D eigenvalue weighted by Crippen LogP contribution is -2.11. The smallest absolute Gasteiger partial charge is 0.256 e. The van der Waals surface area contributed by atoms with Crippen LogP contribution in [0.3, 0.4) is 0 Å². The Morgan fingerprint density at radius 3 is 2.33 bits per heavy atom. The number of halogens is 3. The standard InChI is InChI=1S/C12H6Cl3NO2/c13-7-1-2-8(14)11(15)10(7)9-6(5-17)3-4-16-12(9)18/h1-5H,(H,16,18). The van der Waals surface area contributed by atoms with E-state index in [9.17, 15) is 9.59 Å². The molecule has 1 heterocycles. The Balaban J connectivity index is 2.90. The van der Waals surface area contributed by atoms with Crippen LogP contribution >= 0.6 is 34.8 Å². The zero-order chi connectivity index (χ0) is 13.3. The summed E-state index contributed by atoms with van der Waals surface area (Å²) in [7, 11) is 0. The lowest BCUT2D eigenvalue weighted by atomic mass is 10.0. The molecule has 6 heteroatoms. The summed E-state index contributed by atoms with van der Waals surface area (Å²) in [6.07, 6.45) is 1.94. The lowest BCUT2D eigenvalue weighted by molar-refractivity contribution is 0.112. The molecule has 3 nitrogen and oxygen atoms in total. The number of aldehydes is 1. The van der Waals surface area contributed by atoms with Crippen LogP contribution in [0.5, 0.6) is 0 Å². The Bertz CT molecular complexity index is 680. The van der Waals surface area contributed by atoms with Gasteiger partial charge in [0.25, 0.3) is 5.56 Å². The van der Waals surface area contributed by atoms with Crippen molar-refractivity contribution >= 4 is 41.1 Å². The topological polar surface area (TPSA) is 49.9 Å². The highest BCUT2D eigenvalue weighted by Crippen LogP contribution is 2.38. The van der Waals surface area contributed by atoms with E-state index in [4.69, 9.17) is 34.8 Å². The summed E-state index contributed by atoms with van der Waals surface area (Å²) in [6, 6.07) is 4.51. The molecule has 0 bridgehead atoms. The maximum absolute atomic E-state index is 11.8. The summed E-state index contributed by atoms with van der Waals surface area (Å²) >= 11 is 18.0. The van der Waals surface area contributed by atoms with Gasteiger partial charge in [-0.2, -0.15) is 0 Å². The Labute approximate surface area is 117 Å². The minimum absolute atomic E-state index is 0.116. The number of aromatic nitrogens is 1. The fourth-order valence-electron chi connectivity index (χ4n) is 1.61. The van der Waals surface area contributed by atoms with E-state index in [1.165, 1.54) is 24.4 Å². The first-order chi connectivity index (χ1) is 8.56. The van der Waals surface area contributed by atoms with Crippen molar-refractivity contribution in [1.82, 2.24) is 4.98 Å². The molecule has 0 aliphatic rings. The van der Waals surface area contributed by atoms with E-state index in [1.54, 1.807) is 0 Å². The quantitative estimate of drug-likeness (QED) is 0.677. The van der Waals surface area contributed by atoms with Gasteiger partial charge in [0.15, 0.2) is 6.29 Å². The predicted octanol–water partition coefficient (Wildman–Crippen LogP) is 3.81. The number of hydrogen-bond donors (Lipinski definition) is 1. The van der Waals surface area contributed by atoms with Crippen LogP contribution in [0.1, 0.15) is 10.4 Å². The first-order valence-electron chi connectivity index (χ1n) is 4.87. The molecular formula is C12H6Cl3NO2. The summed E-state index contributed by atoms with van der Waals surface area (Å²) in [5.74, 6) is 0. The molecule has 1 aromatic carbocycles. The average Bonchev–Trinajstić information content (AvgIpc) is 2.36. The van der Waals surface area contributed by atoms with E-state index < -0.39 is 5.56 Å². The number of hydrogen-bond acceptors (Lipinski definition) is 2. The molecule has 0 fully saturated rings. The Morgan fingerprint density at radius 2 is 1.67 bits per heavy atom. The van der Waals surface area contributed by atoms with E-state index in [-0.39, 0.29) is 31.8 Å². The van der Waals surface area contributed by atoms with Crippen molar-refractivity contribution in [1.29, 1.82) is 0 Å². The van der Waals surface area contributed by atoms with E-state index in [1.807, 2.05) is 0 Å². The highest BCUT2D eigenvalue weighted by Gasteiger charge is 2.17. The van der Waals surface area contributed by atoms with Gasteiger partial charge in [-0.15, -0.1) is 0 Å². The van der Waals surface area contributed by atoms with Crippen LogP contribution in [-0.4, -0.2) is 11.3 Å². The van der Waals surface area contributed by atoms with Crippen molar-refractivity contribution in [3.63, 3.8) is 0 Å². The van der Waals surface area contributed by atoms with Gasteiger partial charge in [0.1, 0.15) is 0 Å². The SMILES string of the molecule is O=Cc1cc[nH]c(=O)c1-c1c(Cl)ccc(Cl)c1Cl. The molecule has 0 amide bonds. The fraction of sp³-hybridized carbons (Fsp3) is 0. The van der Waals surface area contributed by atoms with Gasteiger partial charge in [0.2, 0.25) is 0 Å². The minimum atomic E-state index is -0.453. The summed E-state index contributed by atoms with van der Waals surface area (Å²) in [5.41, 5.74) is 0.121. The summed E-state index contributed by atoms with van der Waals surface area (Å²) in [5, 5.41) is 0.657. The zero-order valence-electron chi connectivity index (χ0n) is 8.84. The average molecular weight is 303 g/mol. The van der Waals surface area contributed by atoms with Crippen molar-refractivity contribution in [2.75, 3.05) is 0 Å². The van der Waals surface area contributed by atoms with Gasteiger partial charge >= 0.3 is 0 Å². The van der Waals surface area contributed by atoms with Gasteiger partial charge in [0.05, 0.1) is 20.6 Å². The highest BCUT2D eigenvalue weighted by atomic mass is 35.5. The van der Waals surface area contributed by atoms with E-state index in [2.05, 4.69) is 4.98 Å². The fourth-order valence-corrected chi connectivity index (χ4v) is 2.32. The molecule has 0 aliphatic heterocycles. The Hall–Kier alpha value is -1.29. The van der Waals surface area contributed by atoms with Gasteiger partial charge in [-0.05, 0) is 18.2 Å². The third-order valence-electron chi connectivity index (χ3n) is 2.41. The van der Waals surface area contributed by atoms with Gasteiger partial charge in [0, 0.05) is 17.3 Å². The van der Waals surface area contributed by atoms with Crippen molar-refractivity contribution in [3.8, 4) is 11.1 Å². The molecule has 1 aromatic heterocycles. The third-order valence-corrected chi connectivity index (χ3v) is 3.53.